The van der Waals surface area contributed by atoms with Gasteiger partial charge in [-0.1, -0.05) is 30.1 Å². The summed E-state index contributed by atoms with van der Waals surface area (Å²) >= 11 is 11.9. The molecule has 0 unspecified atom stereocenters. The second kappa shape index (κ2) is 5.49. The fraction of sp³-hybridized carbons (Fsp3) is 0.273. The molecule has 2 aromatic rings. The molecule has 4 nitrogen and oxygen atoms in total. The Hall–Kier alpha value is -1.10. The minimum absolute atomic E-state index is 0.380. The van der Waals surface area contributed by atoms with Gasteiger partial charge < -0.3 is 9.73 Å². The standard InChI is InChI=1S/C11H11Cl2N3O/c1-2-14-6-10-15-16-11(17-10)8-5-7(12)3-4-9(8)13/h3-5,14H,2,6H2,1H3. The number of hydrogen-bond donors (Lipinski definition) is 1. The zero-order chi connectivity index (χ0) is 12.3. The van der Waals surface area contributed by atoms with Crippen LogP contribution in [0.4, 0.5) is 0 Å². The van der Waals surface area contributed by atoms with Crippen LogP contribution in [-0.2, 0) is 6.54 Å². The normalized spacial score (nSPS) is 10.8. The molecule has 1 aromatic heterocycles. The number of nitrogens with zero attached hydrogens (tertiary/aromatic N) is 2. The molecule has 6 heteroatoms. The number of nitrogens with one attached hydrogen (secondary N) is 1. The lowest BCUT2D eigenvalue weighted by Gasteiger charge is -1.99. The van der Waals surface area contributed by atoms with E-state index in [0.29, 0.717) is 33.9 Å². The van der Waals surface area contributed by atoms with E-state index >= 15 is 0 Å². The molecule has 1 heterocycles. The third-order valence-electron chi connectivity index (χ3n) is 2.15. The van der Waals surface area contributed by atoms with Crippen molar-refractivity contribution >= 4 is 23.2 Å². The molecule has 0 spiro atoms. The van der Waals surface area contributed by atoms with E-state index in [1.807, 2.05) is 6.92 Å². The van der Waals surface area contributed by atoms with Gasteiger partial charge in [0.25, 0.3) is 0 Å². The van der Waals surface area contributed by atoms with E-state index in [-0.39, 0.29) is 0 Å². The second-order valence-corrected chi connectivity index (χ2v) is 4.25. The third kappa shape index (κ3) is 2.97. The van der Waals surface area contributed by atoms with Crippen LogP contribution in [0.15, 0.2) is 22.6 Å². The summed E-state index contributed by atoms with van der Waals surface area (Å²) in [4.78, 5) is 0. The number of benzene rings is 1. The zero-order valence-electron chi connectivity index (χ0n) is 9.20. The molecular formula is C11H11Cl2N3O. The smallest absolute Gasteiger partial charge is 0.249 e. The summed E-state index contributed by atoms with van der Waals surface area (Å²) in [5.74, 6) is 0.906. The van der Waals surface area contributed by atoms with Gasteiger partial charge in [-0.05, 0) is 24.7 Å². The van der Waals surface area contributed by atoms with Gasteiger partial charge in [0.05, 0.1) is 17.1 Å². The minimum Gasteiger partial charge on any atom is -0.419 e. The first-order valence-electron chi connectivity index (χ1n) is 5.19. The molecule has 90 valence electrons. The van der Waals surface area contributed by atoms with E-state index in [4.69, 9.17) is 27.6 Å². The molecule has 0 atom stereocenters. The van der Waals surface area contributed by atoms with Crippen LogP contribution in [0.2, 0.25) is 10.0 Å². The maximum absolute atomic E-state index is 6.04. The van der Waals surface area contributed by atoms with Crippen LogP contribution in [0, 0.1) is 0 Å². The largest absolute Gasteiger partial charge is 0.419 e. The van der Waals surface area contributed by atoms with Gasteiger partial charge >= 0.3 is 0 Å². The Bertz CT molecular complexity index is 513. The molecule has 0 radical (unpaired) electrons. The molecule has 2 rings (SSSR count). The molecule has 0 aliphatic carbocycles. The zero-order valence-corrected chi connectivity index (χ0v) is 10.7. The lowest BCUT2D eigenvalue weighted by molar-refractivity contribution is 0.482. The van der Waals surface area contributed by atoms with Crippen LogP contribution in [0.25, 0.3) is 11.5 Å². The highest BCUT2D eigenvalue weighted by molar-refractivity contribution is 6.35. The molecule has 0 aliphatic rings. The van der Waals surface area contributed by atoms with E-state index in [0.717, 1.165) is 6.54 Å². The topological polar surface area (TPSA) is 51.0 Å². The van der Waals surface area contributed by atoms with E-state index in [1.165, 1.54) is 0 Å². The molecule has 0 fully saturated rings. The lowest BCUT2D eigenvalue weighted by Crippen LogP contribution is -2.11. The van der Waals surface area contributed by atoms with Gasteiger partial charge in [0.15, 0.2) is 0 Å². The van der Waals surface area contributed by atoms with Crippen LogP contribution in [0.3, 0.4) is 0 Å². The van der Waals surface area contributed by atoms with Gasteiger partial charge in [-0.25, -0.2) is 0 Å². The predicted octanol–water partition coefficient (Wildman–Crippen LogP) is 3.15. The van der Waals surface area contributed by atoms with Crippen molar-refractivity contribution in [3.05, 3.63) is 34.1 Å². The Balaban J connectivity index is 2.27. The van der Waals surface area contributed by atoms with Crippen LogP contribution in [0.1, 0.15) is 12.8 Å². The van der Waals surface area contributed by atoms with Crippen molar-refractivity contribution in [3.63, 3.8) is 0 Å². The van der Waals surface area contributed by atoms with Gasteiger partial charge in [-0.15, -0.1) is 10.2 Å². The average Bonchev–Trinajstić information content (AvgIpc) is 2.78. The lowest BCUT2D eigenvalue weighted by atomic mass is 10.2. The van der Waals surface area contributed by atoms with Gasteiger partial charge in [0.1, 0.15) is 0 Å². The van der Waals surface area contributed by atoms with Crippen molar-refractivity contribution in [1.82, 2.24) is 15.5 Å². The van der Waals surface area contributed by atoms with Crippen LogP contribution in [0.5, 0.6) is 0 Å². The highest BCUT2D eigenvalue weighted by Crippen LogP contribution is 2.29. The average molecular weight is 272 g/mol. The van der Waals surface area contributed by atoms with Crippen molar-refractivity contribution in [3.8, 4) is 11.5 Å². The number of halogens is 2. The Morgan fingerprint density at radius 2 is 2.12 bits per heavy atom. The molecular weight excluding hydrogens is 261 g/mol. The summed E-state index contributed by atoms with van der Waals surface area (Å²) in [7, 11) is 0. The molecule has 1 N–H and O–H groups in total. The second-order valence-electron chi connectivity index (χ2n) is 3.41. The molecule has 0 amide bonds. The highest BCUT2D eigenvalue weighted by Gasteiger charge is 2.12. The van der Waals surface area contributed by atoms with Crippen LogP contribution < -0.4 is 5.32 Å². The van der Waals surface area contributed by atoms with E-state index < -0.39 is 0 Å². The SMILES string of the molecule is CCNCc1nnc(-c2cc(Cl)ccc2Cl)o1. The number of aromatic nitrogens is 2. The molecule has 0 aliphatic heterocycles. The van der Waals surface area contributed by atoms with Crippen LogP contribution >= 0.6 is 23.2 Å². The highest BCUT2D eigenvalue weighted by atomic mass is 35.5. The molecule has 1 aromatic carbocycles. The number of rotatable bonds is 4. The monoisotopic (exact) mass is 271 g/mol. The summed E-state index contributed by atoms with van der Waals surface area (Å²) < 4.78 is 5.48. The van der Waals surface area contributed by atoms with E-state index in [9.17, 15) is 0 Å². The Morgan fingerprint density at radius 3 is 2.88 bits per heavy atom. The van der Waals surface area contributed by atoms with Crippen molar-refractivity contribution in [2.75, 3.05) is 6.54 Å². The summed E-state index contributed by atoms with van der Waals surface area (Å²) in [6, 6.07) is 5.12. The van der Waals surface area contributed by atoms with Crippen LogP contribution in [-0.4, -0.2) is 16.7 Å². The molecule has 17 heavy (non-hydrogen) atoms. The minimum atomic E-state index is 0.380. The fourth-order valence-corrected chi connectivity index (χ4v) is 1.70. The van der Waals surface area contributed by atoms with Crippen molar-refractivity contribution in [1.29, 1.82) is 0 Å². The first-order chi connectivity index (χ1) is 8.20. The van der Waals surface area contributed by atoms with Crippen molar-refractivity contribution < 1.29 is 4.42 Å². The summed E-state index contributed by atoms with van der Waals surface area (Å²) in [6.45, 7) is 3.39. The van der Waals surface area contributed by atoms with Gasteiger partial charge in [-0.3, -0.25) is 0 Å². The van der Waals surface area contributed by atoms with E-state index in [1.54, 1.807) is 18.2 Å². The van der Waals surface area contributed by atoms with E-state index in [2.05, 4.69) is 15.5 Å². The Labute approximate surface area is 109 Å². The molecule has 0 saturated carbocycles. The summed E-state index contributed by atoms with van der Waals surface area (Å²) in [5.41, 5.74) is 0.648. The summed E-state index contributed by atoms with van der Waals surface area (Å²) in [5, 5.41) is 12.1. The first kappa shape index (κ1) is 12.4. The summed E-state index contributed by atoms with van der Waals surface area (Å²) in [6.07, 6.45) is 0. The molecule has 0 saturated heterocycles. The fourth-order valence-electron chi connectivity index (χ4n) is 1.33. The van der Waals surface area contributed by atoms with Gasteiger partial charge in [0, 0.05) is 5.02 Å². The third-order valence-corrected chi connectivity index (χ3v) is 2.72. The maximum atomic E-state index is 6.04. The molecule has 0 bridgehead atoms. The Kier molecular flexibility index (Phi) is 3.99. The first-order valence-corrected chi connectivity index (χ1v) is 5.95. The van der Waals surface area contributed by atoms with Gasteiger partial charge in [0.2, 0.25) is 11.8 Å². The number of hydrogen-bond acceptors (Lipinski definition) is 4. The van der Waals surface area contributed by atoms with Crippen molar-refractivity contribution in [2.24, 2.45) is 0 Å². The Morgan fingerprint density at radius 1 is 1.29 bits per heavy atom. The predicted molar refractivity (Wildman–Crippen MR) is 67.1 cm³/mol. The van der Waals surface area contributed by atoms with Crippen molar-refractivity contribution in [2.45, 2.75) is 13.5 Å². The maximum Gasteiger partial charge on any atom is 0.249 e. The quantitative estimate of drug-likeness (QED) is 0.928. The van der Waals surface area contributed by atoms with Gasteiger partial charge in [-0.2, -0.15) is 0 Å².